The van der Waals surface area contributed by atoms with E-state index in [2.05, 4.69) is 20.6 Å². The van der Waals surface area contributed by atoms with Gasteiger partial charge in [-0.25, -0.2) is 9.97 Å². The number of rotatable bonds is 8. The fraction of sp³-hybridized carbons (Fsp3) is 0.190. The van der Waals surface area contributed by atoms with Crippen LogP contribution in [0.25, 0.3) is 0 Å². The molecule has 1 amide bonds. The maximum Gasteiger partial charge on any atom is 0.271 e. The summed E-state index contributed by atoms with van der Waals surface area (Å²) in [6.45, 7) is 2.72. The number of aryl methyl sites for hydroxylation is 1. The first-order valence-electron chi connectivity index (χ1n) is 8.85. The standard InChI is InChI=1S/C21H22N4O3/c1-15-4-3-5-16(12-15)25-20-14-23-19(13-24-20)21(26)22-10-11-28-18-8-6-17(27-2)7-9-18/h3-9,12-14H,10-11H2,1-2H3,(H,22,26)(H,24,25). The molecule has 0 fully saturated rings. The van der Waals surface area contributed by atoms with Gasteiger partial charge < -0.3 is 20.1 Å². The van der Waals surface area contributed by atoms with E-state index in [0.717, 1.165) is 17.0 Å². The molecule has 0 atom stereocenters. The average molecular weight is 378 g/mol. The van der Waals surface area contributed by atoms with Gasteiger partial charge in [0.15, 0.2) is 0 Å². The molecule has 0 unspecified atom stereocenters. The van der Waals surface area contributed by atoms with E-state index in [-0.39, 0.29) is 11.6 Å². The van der Waals surface area contributed by atoms with Crippen LogP contribution in [0.3, 0.4) is 0 Å². The number of nitrogens with zero attached hydrogens (tertiary/aromatic N) is 2. The Hall–Kier alpha value is -3.61. The predicted molar refractivity (Wildman–Crippen MR) is 107 cm³/mol. The van der Waals surface area contributed by atoms with Crippen LogP contribution in [0.4, 0.5) is 11.5 Å². The van der Waals surface area contributed by atoms with Gasteiger partial charge in [0.05, 0.1) is 26.0 Å². The second-order valence-electron chi connectivity index (χ2n) is 6.06. The molecule has 0 spiro atoms. The number of nitrogens with one attached hydrogen (secondary N) is 2. The Morgan fingerprint density at radius 1 is 1.04 bits per heavy atom. The SMILES string of the molecule is COc1ccc(OCCNC(=O)c2cnc(Nc3cccc(C)c3)cn2)cc1. The maximum absolute atomic E-state index is 12.1. The maximum atomic E-state index is 12.1. The highest BCUT2D eigenvalue weighted by molar-refractivity contribution is 5.92. The third kappa shape index (κ3) is 5.44. The van der Waals surface area contributed by atoms with E-state index >= 15 is 0 Å². The van der Waals surface area contributed by atoms with Crippen LogP contribution in [0.1, 0.15) is 16.1 Å². The van der Waals surface area contributed by atoms with Gasteiger partial charge in [-0.2, -0.15) is 0 Å². The molecular formula is C21H22N4O3. The van der Waals surface area contributed by atoms with Gasteiger partial charge in [-0.05, 0) is 48.9 Å². The number of hydrogen-bond acceptors (Lipinski definition) is 6. The van der Waals surface area contributed by atoms with Crippen molar-refractivity contribution in [3.8, 4) is 11.5 Å². The minimum atomic E-state index is -0.298. The van der Waals surface area contributed by atoms with E-state index in [1.54, 1.807) is 7.11 Å². The van der Waals surface area contributed by atoms with Gasteiger partial charge >= 0.3 is 0 Å². The first-order chi connectivity index (χ1) is 13.6. The lowest BCUT2D eigenvalue weighted by atomic mass is 10.2. The molecule has 144 valence electrons. The van der Waals surface area contributed by atoms with Crippen LogP contribution >= 0.6 is 0 Å². The number of aromatic nitrogens is 2. The lowest BCUT2D eigenvalue weighted by molar-refractivity contribution is 0.0941. The highest BCUT2D eigenvalue weighted by Crippen LogP contribution is 2.17. The summed E-state index contributed by atoms with van der Waals surface area (Å²) in [6.07, 6.45) is 2.98. The number of benzene rings is 2. The first-order valence-corrected chi connectivity index (χ1v) is 8.85. The van der Waals surface area contributed by atoms with Crippen LogP contribution in [0, 0.1) is 6.92 Å². The Balaban J connectivity index is 1.45. The van der Waals surface area contributed by atoms with Gasteiger partial charge in [0, 0.05) is 5.69 Å². The molecule has 0 saturated carbocycles. The van der Waals surface area contributed by atoms with Crippen molar-refractivity contribution in [1.82, 2.24) is 15.3 Å². The van der Waals surface area contributed by atoms with Gasteiger partial charge in [0.1, 0.15) is 29.6 Å². The van der Waals surface area contributed by atoms with Crippen LogP contribution in [0.15, 0.2) is 60.9 Å². The zero-order valence-electron chi connectivity index (χ0n) is 15.8. The molecule has 0 saturated heterocycles. The van der Waals surface area contributed by atoms with Crippen LogP contribution < -0.4 is 20.1 Å². The topological polar surface area (TPSA) is 85.4 Å². The summed E-state index contributed by atoms with van der Waals surface area (Å²) in [5, 5.41) is 5.91. The molecule has 0 bridgehead atoms. The summed E-state index contributed by atoms with van der Waals surface area (Å²) in [5.74, 6) is 1.75. The normalized spacial score (nSPS) is 10.2. The summed E-state index contributed by atoms with van der Waals surface area (Å²) < 4.78 is 10.7. The molecule has 3 aromatic rings. The summed E-state index contributed by atoms with van der Waals surface area (Å²) in [7, 11) is 1.61. The zero-order chi connectivity index (χ0) is 19.8. The summed E-state index contributed by atoms with van der Waals surface area (Å²) >= 11 is 0. The predicted octanol–water partition coefficient (Wildman–Crippen LogP) is 3.35. The number of hydrogen-bond donors (Lipinski definition) is 2. The third-order valence-corrected chi connectivity index (χ3v) is 3.89. The molecule has 0 aliphatic carbocycles. The smallest absolute Gasteiger partial charge is 0.271 e. The van der Waals surface area contributed by atoms with Crippen LogP contribution in [-0.2, 0) is 0 Å². The molecule has 2 aromatic carbocycles. The molecule has 7 heteroatoms. The Kier molecular flexibility index (Phi) is 6.41. The van der Waals surface area contributed by atoms with Gasteiger partial charge in [0.25, 0.3) is 5.91 Å². The van der Waals surface area contributed by atoms with E-state index in [0.29, 0.717) is 24.7 Å². The first kappa shape index (κ1) is 19.2. The van der Waals surface area contributed by atoms with Crippen molar-refractivity contribution < 1.29 is 14.3 Å². The minimum Gasteiger partial charge on any atom is -0.497 e. The monoisotopic (exact) mass is 378 g/mol. The molecular weight excluding hydrogens is 356 g/mol. The summed E-state index contributed by atoms with van der Waals surface area (Å²) in [6, 6.07) is 15.2. The van der Waals surface area contributed by atoms with E-state index < -0.39 is 0 Å². The van der Waals surface area contributed by atoms with Gasteiger partial charge in [-0.1, -0.05) is 12.1 Å². The Morgan fingerprint density at radius 2 is 1.82 bits per heavy atom. The highest BCUT2D eigenvalue weighted by atomic mass is 16.5. The van der Waals surface area contributed by atoms with E-state index in [1.807, 2.05) is 55.5 Å². The molecule has 28 heavy (non-hydrogen) atoms. The fourth-order valence-electron chi connectivity index (χ4n) is 2.48. The molecule has 0 aliphatic rings. The van der Waals surface area contributed by atoms with Gasteiger partial charge in [-0.15, -0.1) is 0 Å². The number of carbonyl (C=O) groups excluding carboxylic acids is 1. The van der Waals surface area contributed by atoms with Gasteiger partial charge in [-0.3, -0.25) is 4.79 Å². The molecule has 2 N–H and O–H groups in total. The van der Waals surface area contributed by atoms with Crippen molar-refractivity contribution in [2.24, 2.45) is 0 Å². The molecule has 0 aliphatic heterocycles. The van der Waals surface area contributed by atoms with Crippen LogP contribution in [-0.4, -0.2) is 36.1 Å². The molecule has 7 nitrogen and oxygen atoms in total. The second-order valence-corrected chi connectivity index (χ2v) is 6.06. The lowest BCUT2D eigenvalue weighted by Gasteiger charge is -2.09. The van der Waals surface area contributed by atoms with Crippen LogP contribution in [0.2, 0.25) is 0 Å². The Labute approximate surface area is 163 Å². The Morgan fingerprint density at radius 3 is 2.50 bits per heavy atom. The molecule has 1 heterocycles. The average Bonchev–Trinajstić information content (AvgIpc) is 2.72. The van der Waals surface area contributed by atoms with Crippen LogP contribution in [0.5, 0.6) is 11.5 Å². The molecule has 3 rings (SSSR count). The van der Waals surface area contributed by atoms with Gasteiger partial charge in [0.2, 0.25) is 0 Å². The van der Waals surface area contributed by atoms with E-state index in [9.17, 15) is 4.79 Å². The largest absolute Gasteiger partial charge is 0.497 e. The summed E-state index contributed by atoms with van der Waals surface area (Å²) in [5.41, 5.74) is 2.31. The molecule has 1 aromatic heterocycles. The van der Waals surface area contributed by atoms with E-state index in [1.165, 1.54) is 12.4 Å². The van der Waals surface area contributed by atoms with Crippen molar-refractivity contribution >= 4 is 17.4 Å². The lowest BCUT2D eigenvalue weighted by Crippen LogP contribution is -2.28. The number of ether oxygens (including phenoxy) is 2. The van der Waals surface area contributed by atoms with Crippen molar-refractivity contribution in [1.29, 1.82) is 0 Å². The number of amides is 1. The van der Waals surface area contributed by atoms with Crippen molar-refractivity contribution in [3.63, 3.8) is 0 Å². The summed E-state index contributed by atoms with van der Waals surface area (Å²) in [4.78, 5) is 20.5. The highest BCUT2D eigenvalue weighted by Gasteiger charge is 2.08. The third-order valence-electron chi connectivity index (χ3n) is 3.89. The number of methoxy groups -OCH3 is 1. The quantitative estimate of drug-likeness (QED) is 0.585. The van der Waals surface area contributed by atoms with Crippen molar-refractivity contribution in [3.05, 3.63) is 72.2 Å². The van der Waals surface area contributed by atoms with Crippen molar-refractivity contribution in [2.45, 2.75) is 6.92 Å². The van der Waals surface area contributed by atoms with E-state index in [4.69, 9.17) is 9.47 Å². The fourth-order valence-corrected chi connectivity index (χ4v) is 2.48. The zero-order valence-corrected chi connectivity index (χ0v) is 15.8. The second kappa shape index (κ2) is 9.36. The minimum absolute atomic E-state index is 0.249. The molecule has 0 radical (unpaired) electrons. The Bertz CT molecular complexity index is 912. The number of anilines is 2. The van der Waals surface area contributed by atoms with Crippen molar-refractivity contribution in [2.75, 3.05) is 25.6 Å². The number of carbonyl (C=O) groups is 1.